The van der Waals surface area contributed by atoms with Crippen molar-refractivity contribution >= 4 is 28.6 Å². The van der Waals surface area contributed by atoms with Crippen LogP contribution >= 0.6 is 0 Å². The van der Waals surface area contributed by atoms with Crippen molar-refractivity contribution < 1.29 is 24.2 Å². The lowest BCUT2D eigenvalue weighted by molar-refractivity contribution is -0.130. The molecule has 5 rings (SSSR count). The van der Waals surface area contributed by atoms with Gasteiger partial charge in [0.2, 0.25) is 0 Å². The van der Waals surface area contributed by atoms with E-state index >= 15 is 0 Å². The van der Waals surface area contributed by atoms with Crippen LogP contribution in [0.1, 0.15) is 33.9 Å². The predicted octanol–water partition coefficient (Wildman–Crippen LogP) is 4.63. The molecule has 2 N–H and O–H groups in total. The van der Waals surface area contributed by atoms with Gasteiger partial charge in [0.15, 0.2) is 5.43 Å². The van der Waals surface area contributed by atoms with Gasteiger partial charge in [0.1, 0.15) is 22.8 Å². The number of aliphatic carboxylic acids is 1. The highest BCUT2D eigenvalue weighted by Crippen LogP contribution is 2.43. The van der Waals surface area contributed by atoms with Crippen LogP contribution in [0.4, 0.5) is 0 Å². The first-order valence-corrected chi connectivity index (χ1v) is 9.96. The van der Waals surface area contributed by atoms with Gasteiger partial charge in [-0.1, -0.05) is 36.4 Å². The van der Waals surface area contributed by atoms with Crippen LogP contribution in [0, 0.1) is 0 Å². The second-order valence-electron chi connectivity index (χ2n) is 7.55. The van der Waals surface area contributed by atoms with Crippen LogP contribution in [0.15, 0.2) is 75.9 Å². The van der Waals surface area contributed by atoms with Gasteiger partial charge in [-0.05, 0) is 47.0 Å². The maximum Gasteiger partial charge on any atom is 0.336 e. The molecule has 0 bridgehead atoms. The van der Waals surface area contributed by atoms with E-state index < -0.39 is 11.9 Å². The van der Waals surface area contributed by atoms with Crippen LogP contribution in [0.2, 0.25) is 0 Å². The second kappa shape index (κ2) is 7.42. The molecule has 1 aliphatic carbocycles. The van der Waals surface area contributed by atoms with Gasteiger partial charge in [0.25, 0.3) is 0 Å². The van der Waals surface area contributed by atoms with E-state index in [1.165, 1.54) is 31.4 Å². The van der Waals surface area contributed by atoms with Crippen LogP contribution < -0.4 is 10.2 Å². The highest BCUT2D eigenvalue weighted by atomic mass is 16.5. The van der Waals surface area contributed by atoms with E-state index in [1.807, 2.05) is 30.3 Å². The minimum Gasteiger partial charge on any atom is -0.508 e. The minimum absolute atomic E-state index is 0.0241. The predicted molar refractivity (Wildman–Crippen MR) is 120 cm³/mol. The van der Waals surface area contributed by atoms with E-state index in [2.05, 4.69) is 0 Å². The zero-order valence-corrected chi connectivity index (χ0v) is 17.0. The molecular weight excluding hydrogens is 408 g/mol. The summed E-state index contributed by atoms with van der Waals surface area (Å²) in [7, 11) is 1.51. The van der Waals surface area contributed by atoms with Gasteiger partial charge >= 0.3 is 5.97 Å². The van der Waals surface area contributed by atoms with Crippen molar-refractivity contribution in [2.24, 2.45) is 0 Å². The average molecular weight is 426 g/mol. The molecule has 0 aliphatic heterocycles. The van der Waals surface area contributed by atoms with E-state index in [9.17, 15) is 19.8 Å². The lowest BCUT2D eigenvalue weighted by Crippen LogP contribution is -2.13. The third-order valence-electron chi connectivity index (χ3n) is 5.72. The van der Waals surface area contributed by atoms with Crippen LogP contribution in [0.5, 0.6) is 11.5 Å². The standard InChI is InChI=1S/C26H18O6/c1-31-16-8-10-17-19(12-16)20(26(29)30)13-21-24(28)18-9-7-15(27)11-22(18)32-25(21)23(17)14-5-3-2-4-6-14/h2-13,23,27H,1H3,(H,29,30). The first-order chi connectivity index (χ1) is 15.5. The van der Waals surface area contributed by atoms with E-state index in [-0.39, 0.29) is 33.3 Å². The Kier molecular flexibility index (Phi) is 4.56. The average Bonchev–Trinajstić information content (AvgIpc) is 2.94. The summed E-state index contributed by atoms with van der Waals surface area (Å²) in [5, 5.41) is 20.2. The largest absolute Gasteiger partial charge is 0.508 e. The van der Waals surface area contributed by atoms with Crippen molar-refractivity contribution in [3.05, 3.63) is 105 Å². The first kappa shape index (κ1) is 19.6. The van der Waals surface area contributed by atoms with E-state index in [0.717, 1.165) is 5.56 Å². The molecule has 1 aliphatic rings. The van der Waals surface area contributed by atoms with Gasteiger partial charge in [0.05, 0.1) is 29.6 Å². The number of carboxylic acids is 1. The zero-order valence-electron chi connectivity index (χ0n) is 17.0. The summed E-state index contributed by atoms with van der Waals surface area (Å²) in [6.45, 7) is 0. The number of phenols is 1. The summed E-state index contributed by atoms with van der Waals surface area (Å²) in [6, 6.07) is 18.9. The molecule has 1 aromatic heterocycles. The Labute approximate surface area is 182 Å². The SMILES string of the molecule is COc1ccc2c(c1)C(C(=O)O)=Cc1c(oc3cc(O)ccc3c1=O)C2c1ccccc1. The van der Waals surface area contributed by atoms with Gasteiger partial charge in [-0.15, -0.1) is 0 Å². The normalized spacial score (nSPS) is 14.8. The van der Waals surface area contributed by atoms with Gasteiger partial charge in [-0.25, -0.2) is 4.79 Å². The Morgan fingerprint density at radius 3 is 2.53 bits per heavy atom. The Bertz CT molecular complexity index is 1460. The molecule has 1 atom stereocenters. The number of benzene rings is 3. The molecule has 158 valence electrons. The van der Waals surface area contributed by atoms with Crippen LogP contribution in [-0.2, 0) is 4.79 Å². The highest BCUT2D eigenvalue weighted by molar-refractivity contribution is 6.21. The Balaban J connectivity index is 1.95. The second-order valence-corrected chi connectivity index (χ2v) is 7.55. The number of fused-ring (bicyclic) bond motifs is 3. The topological polar surface area (TPSA) is 97.0 Å². The molecule has 0 fully saturated rings. The summed E-state index contributed by atoms with van der Waals surface area (Å²) in [6.07, 6.45) is 1.37. The molecule has 6 nitrogen and oxygen atoms in total. The molecule has 4 aromatic rings. The van der Waals surface area contributed by atoms with Crippen molar-refractivity contribution in [1.29, 1.82) is 0 Å². The maximum absolute atomic E-state index is 13.5. The van der Waals surface area contributed by atoms with Crippen molar-refractivity contribution in [1.82, 2.24) is 0 Å². The van der Waals surface area contributed by atoms with Gasteiger partial charge in [0, 0.05) is 6.07 Å². The van der Waals surface area contributed by atoms with Crippen molar-refractivity contribution in [2.75, 3.05) is 7.11 Å². The molecule has 0 spiro atoms. The number of phenolic OH excluding ortho intramolecular Hbond substituents is 1. The molecular formula is C26H18O6. The number of hydrogen-bond acceptors (Lipinski definition) is 5. The molecule has 0 radical (unpaired) electrons. The van der Waals surface area contributed by atoms with E-state index in [4.69, 9.17) is 9.15 Å². The minimum atomic E-state index is -1.16. The molecule has 1 unspecified atom stereocenters. The molecule has 6 heteroatoms. The number of ether oxygens (including phenoxy) is 1. The lowest BCUT2D eigenvalue weighted by atomic mass is 9.85. The Morgan fingerprint density at radius 1 is 1.03 bits per heavy atom. The zero-order chi connectivity index (χ0) is 22.4. The third kappa shape index (κ3) is 3.04. The Morgan fingerprint density at radius 2 is 1.81 bits per heavy atom. The summed E-state index contributed by atoms with van der Waals surface area (Å²) in [4.78, 5) is 25.7. The third-order valence-corrected chi connectivity index (χ3v) is 5.72. The molecule has 32 heavy (non-hydrogen) atoms. The first-order valence-electron chi connectivity index (χ1n) is 9.96. The van der Waals surface area contributed by atoms with Crippen LogP contribution in [0.25, 0.3) is 22.6 Å². The number of hydrogen-bond donors (Lipinski definition) is 2. The smallest absolute Gasteiger partial charge is 0.336 e. The lowest BCUT2D eigenvalue weighted by Gasteiger charge is -2.21. The van der Waals surface area contributed by atoms with Gasteiger partial charge in [-0.2, -0.15) is 0 Å². The summed E-state index contributed by atoms with van der Waals surface area (Å²) < 4.78 is 11.5. The van der Waals surface area contributed by atoms with Gasteiger partial charge < -0.3 is 19.4 Å². The quantitative estimate of drug-likeness (QED) is 0.496. The van der Waals surface area contributed by atoms with Crippen molar-refractivity contribution in [3.8, 4) is 11.5 Å². The monoisotopic (exact) mass is 426 g/mol. The fraction of sp³-hybridized carbons (Fsp3) is 0.0769. The van der Waals surface area contributed by atoms with Gasteiger partial charge in [-0.3, -0.25) is 4.79 Å². The molecule has 0 amide bonds. The molecule has 0 saturated heterocycles. The highest BCUT2D eigenvalue weighted by Gasteiger charge is 2.32. The number of carboxylic acid groups (broad SMARTS) is 1. The molecule has 1 heterocycles. The molecule has 0 saturated carbocycles. The fourth-order valence-corrected chi connectivity index (χ4v) is 4.23. The summed E-state index contributed by atoms with van der Waals surface area (Å²) in [5.74, 6) is -0.911. The number of methoxy groups -OCH3 is 1. The Hall–Kier alpha value is -4.32. The maximum atomic E-state index is 13.5. The van der Waals surface area contributed by atoms with E-state index in [0.29, 0.717) is 22.6 Å². The number of rotatable bonds is 3. The van der Waals surface area contributed by atoms with Crippen molar-refractivity contribution in [2.45, 2.75) is 5.92 Å². The van der Waals surface area contributed by atoms with Crippen LogP contribution in [-0.4, -0.2) is 23.3 Å². The number of carbonyl (C=O) groups is 1. The number of aromatic hydroxyl groups is 1. The fourth-order valence-electron chi connectivity index (χ4n) is 4.23. The van der Waals surface area contributed by atoms with E-state index in [1.54, 1.807) is 18.2 Å². The summed E-state index contributed by atoms with van der Waals surface area (Å²) in [5.41, 5.74) is 1.98. The van der Waals surface area contributed by atoms with Crippen molar-refractivity contribution in [3.63, 3.8) is 0 Å². The van der Waals surface area contributed by atoms with Crippen LogP contribution in [0.3, 0.4) is 0 Å². The summed E-state index contributed by atoms with van der Waals surface area (Å²) >= 11 is 0. The molecule has 3 aromatic carbocycles.